The highest BCUT2D eigenvalue weighted by atomic mass is 16.5. The van der Waals surface area contributed by atoms with Crippen LogP contribution in [0.2, 0.25) is 0 Å². The van der Waals surface area contributed by atoms with Crippen molar-refractivity contribution in [3.05, 3.63) is 66.2 Å². The SMILES string of the molecule is COc1cc(-c2nc3cc(NC(=O)Cc4ccccc4)ccc3o2)cc(OC)c1OC. The van der Waals surface area contributed by atoms with Gasteiger partial charge in [-0.05, 0) is 35.9 Å². The molecule has 0 spiro atoms. The minimum Gasteiger partial charge on any atom is -0.493 e. The summed E-state index contributed by atoms with van der Waals surface area (Å²) in [5.41, 5.74) is 3.51. The lowest BCUT2D eigenvalue weighted by Crippen LogP contribution is -2.14. The van der Waals surface area contributed by atoms with Crippen molar-refractivity contribution in [1.29, 1.82) is 0 Å². The van der Waals surface area contributed by atoms with Crippen molar-refractivity contribution in [2.24, 2.45) is 0 Å². The van der Waals surface area contributed by atoms with Gasteiger partial charge in [0, 0.05) is 11.3 Å². The average molecular weight is 418 g/mol. The number of nitrogens with one attached hydrogen (secondary N) is 1. The molecule has 0 aliphatic rings. The predicted molar refractivity (Wildman–Crippen MR) is 118 cm³/mol. The summed E-state index contributed by atoms with van der Waals surface area (Å²) in [7, 11) is 4.65. The maximum Gasteiger partial charge on any atom is 0.228 e. The summed E-state index contributed by atoms with van der Waals surface area (Å²) in [4.78, 5) is 16.9. The molecule has 0 unspecified atom stereocenters. The van der Waals surface area contributed by atoms with Crippen molar-refractivity contribution in [2.75, 3.05) is 26.6 Å². The quantitative estimate of drug-likeness (QED) is 0.468. The third-order valence-corrected chi connectivity index (χ3v) is 4.79. The minimum absolute atomic E-state index is 0.0982. The summed E-state index contributed by atoms with van der Waals surface area (Å²) in [5.74, 6) is 1.81. The molecule has 1 heterocycles. The third-order valence-electron chi connectivity index (χ3n) is 4.79. The lowest BCUT2D eigenvalue weighted by molar-refractivity contribution is -0.115. The van der Waals surface area contributed by atoms with Gasteiger partial charge in [-0.2, -0.15) is 0 Å². The second-order valence-electron chi connectivity index (χ2n) is 6.83. The standard InChI is InChI=1S/C24H22N2O5/c1-28-20-12-16(13-21(29-2)23(20)30-3)24-26-18-14-17(9-10-19(18)31-24)25-22(27)11-15-7-5-4-6-8-15/h4-10,12-14H,11H2,1-3H3,(H,25,27). The Hall–Kier alpha value is -4.00. The normalized spacial score (nSPS) is 10.7. The molecule has 0 saturated carbocycles. The van der Waals surface area contributed by atoms with Crippen LogP contribution in [-0.4, -0.2) is 32.2 Å². The van der Waals surface area contributed by atoms with Crippen LogP contribution in [0.4, 0.5) is 5.69 Å². The van der Waals surface area contributed by atoms with Crippen molar-refractivity contribution in [1.82, 2.24) is 4.98 Å². The van der Waals surface area contributed by atoms with Gasteiger partial charge in [-0.1, -0.05) is 30.3 Å². The molecular formula is C24H22N2O5. The molecule has 31 heavy (non-hydrogen) atoms. The summed E-state index contributed by atoms with van der Waals surface area (Å²) >= 11 is 0. The molecule has 0 radical (unpaired) electrons. The summed E-state index contributed by atoms with van der Waals surface area (Å²) in [6.07, 6.45) is 0.300. The number of amides is 1. The first-order valence-electron chi connectivity index (χ1n) is 9.66. The smallest absolute Gasteiger partial charge is 0.228 e. The van der Waals surface area contributed by atoms with E-state index in [1.54, 1.807) is 51.7 Å². The molecule has 7 nitrogen and oxygen atoms in total. The monoisotopic (exact) mass is 418 g/mol. The van der Waals surface area contributed by atoms with E-state index < -0.39 is 0 Å². The molecule has 158 valence electrons. The first kappa shape index (κ1) is 20.3. The molecule has 3 aromatic carbocycles. The highest BCUT2D eigenvalue weighted by Gasteiger charge is 2.17. The van der Waals surface area contributed by atoms with Crippen LogP contribution in [0.3, 0.4) is 0 Å². The lowest BCUT2D eigenvalue weighted by Gasteiger charge is -2.12. The molecule has 1 aromatic heterocycles. The molecule has 0 atom stereocenters. The summed E-state index contributed by atoms with van der Waals surface area (Å²) < 4.78 is 22.1. The molecule has 4 rings (SSSR count). The number of rotatable bonds is 7. The van der Waals surface area contributed by atoms with Crippen molar-refractivity contribution >= 4 is 22.7 Å². The van der Waals surface area contributed by atoms with E-state index >= 15 is 0 Å². The van der Waals surface area contributed by atoms with Gasteiger partial charge in [0.25, 0.3) is 0 Å². The molecule has 0 bridgehead atoms. The number of nitrogens with zero attached hydrogens (tertiary/aromatic N) is 1. The fraction of sp³-hybridized carbons (Fsp3) is 0.167. The number of oxazole rings is 1. The Balaban J connectivity index is 1.60. The predicted octanol–water partition coefficient (Wildman–Crippen LogP) is 4.70. The van der Waals surface area contributed by atoms with Crippen LogP contribution in [0, 0.1) is 0 Å². The van der Waals surface area contributed by atoms with Crippen LogP contribution in [0.1, 0.15) is 5.56 Å². The third kappa shape index (κ3) is 4.30. The van der Waals surface area contributed by atoms with E-state index in [1.165, 1.54) is 0 Å². The average Bonchev–Trinajstić information content (AvgIpc) is 3.22. The number of methoxy groups -OCH3 is 3. The van der Waals surface area contributed by atoms with Crippen molar-refractivity contribution in [2.45, 2.75) is 6.42 Å². The number of hydrogen-bond acceptors (Lipinski definition) is 6. The van der Waals surface area contributed by atoms with Crippen molar-refractivity contribution in [3.8, 4) is 28.7 Å². The molecule has 1 amide bonds. The number of carbonyl (C=O) groups excluding carboxylic acids is 1. The maximum atomic E-state index is 12.4. The van der Waals surface area contributed by atoms with Crippen LogP contribution in [0.5, 0.6) is 17.2 Å². The summed E-state index contributed by atoms with van der Waals surface area (Å²) in [5, 5.41) is 2.91. The van der Waals surface area contributed by atoms with E-state index in [0.717, 1.165) is 5.56 Å². The largest absolute Gasteiger partial charge is 0.493 e. The molecular weight excluding hydrogens is 396 g/mol. The first-order valence-corrected chi connectivity index (χ1v) is 9.66. The van der Waals surface area contributed by atoms with E-state index in [-0.39, 0.29) is 5.91 Å². The van der Waals surface area contributed by atoms with Gasteiger partial charge in [0.1, 0.15) is 5.52 Å². The molecule has 0 fully saturated rings. The number of anilines is 1. The second-order valence-corrected chi connectivity index (χ2v) is 6.83. The van der Waals surface area contributed by atoms with Gasteiger partial charge in [0.15, 0.2) is 17.1 Å². The number of ether oxygens (including phenoxy) is 3. The van der Waals surface area contributed by atoms with Crippen LogP contribution in [0.15, 0.2) is 65.1 Å². The fourth-order valence-corrected chi connectivity index (χ4v) is 3.32. The van der Waals surface area contributed by atoms with E-state index in [4.69, 9.17) is 18.6 Å². The molecule has 4 aromatic rings. The Labute approximate surface area is 179 Å². The van der Waals surface area contributed by atoms with Gasteiger partial charge in [-0.3, -0.25) is 4.79 Å². The van der Waals surface area contributed by atoms with Gasteiger partial charge < -0.3 is 23.9 Å². The maximum absolute atomic E-state index is 12.4. The zero-order valence-corrected chi connectivity index (χ0v) is 17.5. The van der Waals surface area contributed by atoms with E-state index in [1.807, 2.05) is 30.3 Å². The van der Waals surface area contributed by atoms with E-state index in [2.05, 4.69) is 10.3 Å². The Morgan fingerprint density at radius 3 is 2.29 bits per heavy atom. The molecule has 0 aliphatic heterocycles. The van der Waals surface area contributed by atoms with Gasteiger partial charge in [0.05, 0.1) is 27.8 Å². The Bertz CT molecular complexity index is 1190. The van der Waals surface area contributed by atoms with Crippen LogP contribution in [0.25, 0.3) is 22.6 Å². The summed E-state index contributed by atoms with van der Waals surface area (Å²) in [6, 6.07) is 18.5. The second kappa shape index (κ2) is 8.79. The van der Waals surface area contributed by atoms with Gasteiger partial charge in [-0.25, -0.2) is 4.98 Å². The number of benzene rings is 3. The highest BCUT2D eigenvalue weighted by Crippen LogP contribution is 2.41. The zero-order chi connectivity index (χ0) is 21.8. The highest BCUT2D eigenvalue weighted by molar-refractivity contribution is 5.94. The Morgan fingerprint density at radius 1 is 0.935 bits per heavy atom. The topological polar surface area (TPSA) is 82.8 Å². The Morgan fingerprint density at radius 2 is 1.65 bits per heavy atom. The number of hydrogen-bond donors (Lipinski definition) is 1. The molecule has 7 heteroatoms. The number of fused-ring (bicyclic) bond motifs is 1. The summed E-state index contributed by atoms with van der Waals surface area (Å²) in [6.45, 7) is 0. The molecule has 1 N–H and O–H groups in total. The Kier molecular flexibility index (Phi) is 5.75. The van der Waals surface area contributed by atoms with Crippen molar-refractivity contribution < 1.29 is 23.4 Å². The van der Waals surface area contributed by atoms with Gasteiger partial charge >= 0.3 is 0 Å². The molecule has 0 saturated heterocycles. The fourth-order valence-electron chi connectivity index (χ4n) is 3.32. The molecule has 0 aliphatic carbocycles. The number of carbonyl (C=O) groups is 1. The van der Waals surface area contributed by atoms with Crippen LogP contribution >= 0.6 is 0 Å². The first-order chi connectivity index (χ1) is 15.1. The lowest BCUT2D eigenvalue weighted by atomic mass is 10.1. The van der Waals surface area contributed by atoms with Crippen LogP contribution in [-0.2, 0) is 11.2 Å². The number of aromatic nitrogens is 1. The van der Waals surface area contributed by atoms with Crippen molar-refractivity contribution in [3.63, 3.8) is 0 Å². The van der Waals surface area contributed by atoms with E-state index in [0.29, 0.717) is 51.9 Å². The van der Waals surface area contributed by atoms with Gasteiger partial charge in [0.2, 0.25) is 17.5 Å². The zero-order valence-electron chi connectivity index (χ0n) is 17.5. The van der Waals surface area contributed by atoms with E-state index in [9.17, 15) is 4.79 Å². The minimum atomic E-state index is -0.0982. The van der Waals surface area contributed by atoms with Crippen LogP contribution < -0.4 is 19.5 Å². The van der Waals surface area contributed by atoms with Gasteiger partial charge in [-0.15, -0.1) is 0 Å².